The van der Waals surface area contributed by atoms with E-state index in [1.807, 2.05) is 44.2 Å². The average Bonchev–Trinajstić information content (AvgIpc) is 2.88. The normalized spacial score (nSPS) is 12.2. The zero-order valence-corrected chi connectivity index (χ0v) is 13.8. The lowest BCUT2D eigenvalue weighted by Gasteiger charge is -2.15. The number of carbonyl (C=O) groups is 1. The molecule has 0 bridgehead atoms. The van der Waals surface area contributed by atoms with Gasteiger partial charge in [-0.3, -0.25) is 4.79 Å². The minimum absolute atomic E-state index is 0.0825. The van der Waals surface area contributed by atoms with Crippen molar-refractivity contribution >= 4 is 28.8 Å². The Bertz CT molecular complexity index is 639. The molecule has 0 saturated heterocycles. The number of thiophene rings is 1. The molecule has 0 aliphatic heterocycles. The van der Waals surface area contributed by atoms with Gasteiger partial charge in [0.15, 0.2) is 0 Å². The Balaban J connectivity index is 2.04. The minimum atomic E-state index is -0.184. The number of hydrogen-bond acceptors (Lipinski definition) is 3. The van der Waals surface area contributed by atoms with E-state index < -0.39 is 0 Å². The van der Waals surface area contributed by atoms with Crippen molar-refractivity contribution in [3.8, 4) is 0 Å². The fourth-order valence-corrected chi connectivity index (χ4v) is 3.20. The summed E-state index contributed by atoms with van der Waals surface area (Å²) in [5.41, 5.74) is 2.74. The van der Waals surface area contributed by atoms with E-state index in [0.717, 1.165) is 16.0 Å². The fourth-order valence-electron chi connectivity index (χ4n) is 2.06. The van der Waals surface area contributed by atoms with Gasteiger partial charge in [0, 0.05) is 24.1 Å². The highest BCUT2D eigenvalue weighted by atomic mass is 35.5. The summed E-state index contributed by atoms with van der Waals surface area (Å²) in [6, 6.07) is 9.61. The van der Waals surface area contributed by atoms with Crippen LogP contribution in [0.1, 0.15) is 32.5 Å². The summed E-state index contributed by atoms with van der Waals surface area (Å²) < 4.78 is 6.14. The van der Waals surface area contributed by atoms with Crippen LogP contribution < -0.4 is 5.32 Å². The van der Waals surface area contributed by atoms with Gasteiger partial charge in [-0.2, -0.15) is 0 Å². The minimum Gasteiger partial charge on any atom is -0.374 e. The molecule has 0 fully saturated rings. The van der Waals surface area contributed by atoms with E-state index in [4.69, 9.17) is 16.3 Å². The summed E-state index contributed by atoms with van der Waals surface area (Å²) in [6.45, 7) is 4.32. The molecule has 1 N–H and O–H groups in total. The quantitative estimate of drug-likeness (QED) is 0.898. The molecule has 3 nitrogen and oxygen atoms in total. The highest BCUT2D eigenvalue weighted by Crippen LogP contribution is 2.28. The molecule has 0 spiro atoms. The number of ether oxygens (including phenoxy) is 1. The van der Waals surface area contributed by atoms with Crippen molar-refractivity contribution in [1.82, 2.24) is 5.32 Å². The Kier molecular flexibility index (Phi) is 5.39. The number of methoxy groups -OCH3 is 1. The topological polar surface area (TPSA) is 38.3 Å². The van der Waals surface area contributed by atoms with Gasteiger partial charge >= 0.3 is 0 Å². The Morgan fingerprint density at radius 2 is 2.10 bits per heavy atom. The van der Waals surface area contributed by atoms with Gasteiger partial charge in [-0.1, -0.05) is 29.3 Å². The number of carbonyl (C=O) groups excluding carboxylic acids is 1. The van der Waals surface area contributed by atoms with Crippen LogP contribution in [-0.4, -0.2) is 19.6 Å². The maximum Gasteiger partial charge on any atom is 0.251 e. The Labute approximate surface area is 133 Å². The van der Waals surface area contributed by atoms with Crippen LogP contribution in [0.25, 0.3) is 0 Å². The summed E-state index contributed by atoms with van der Waals surface area (Å²) in [5.74, 6) is -0.0825. The van der Waals surface area contributed by atoms with Crippen LogP contribution in [-0.2, 0) is 4.74 Å². The number of amides is 1. The lowest BCUT2D eigenvalue weighted by molar-refractivity contribution is 0.0837. The van der Waals surface area contributed by atoms with Gasteiger partial charge in [0.25, 0.3) is 5.91 Å². The zero-order chi connectivity index (χ0) is 15.4. The molecule has 1 heterocycles. The molecule has 0 aliphatic carbocycles. The SMILES string of the molecule is COC(CNC(=O)c1cc(C)ccc1C)c1ccc(Cl)s1. The van der Waals surface area contributed by atoms with E-state index in [-0.39, 0.29) is 12.0 Å². The van der Waals surface area contributed by atoms with Gasteiger partial charge in [-0.15, -0.1) is 11.3 Å². The van der Waals surface area contributed by atoms with E-state index >= 15 is 0 Å². The van der Waals surface area contributed by atoms with Crippen molar-refractivity contribution < 1.29 is 9.53 Å². The van der Waals surface area contributed by atoms with Crippen molar-refractivity contribution in [2.45, 2.75) is 20.0 Å². The van der Waals surface area contributed by atoms with Gasteiger partial charge in [0.05, 0.1) is 4.34 Å². The van der Waals surface area contributed by atoms with Crippen LogP contribution in [0, 0.1) is 13.8 Å². The molecular weight excluding hydrogens is 306 g/mol. The molecule has 1 aromatic heterocycles. The Hall–Kier alpha value is -1.36. The molecule has 5 heteroatoms. The predicted molar refractivity (Wildman–Crippen MR) is 87.3 cm³/mol. The number of halogens is 1. The van der Waals surface area contributed by atoms with E-state index in [1.165, 1.54) is 11.3 Å². The van der Waals surface area contributed by atoms with Crippen LogP contribution in [0.2, 0.25) is 4.34 Å². The Morgan fingerprint density at radius 1 is 1.33 bits per heavy atom. The standard InChI is InChI=1S/C16H18ClNO2S/c1-10-4-5-11(2)12(8-10)16(19)18-9-13(20-3)14-6-7-15(17)21-14/h4-8,13H,9H2,1-3H3,(H,18,19). The predicted octanol–water partition coefficient (Wildman–Crippen LogP) is 4.14. The average molecular weight is 324 g/mol. The number of rotatable bonds is 5. The molecular formula is C16H18ClNO2S. The van der Waals surface area contributed by atoms with E-state index in [0.29, 0.717) is 16.4 Å². The summed E-state index contributed by atoms with van der Waals surface area (Å²) >= 11 is 7.40. The van der Waals surface area contributed by atoms with Crippen molar-refractivity contribution in [3.05, 3.63) is 56.2 Å². The molecule has 1 atom stereocenters. The maximum atomic E-state index is 12.3. The van der Waals surface area contributed by atoms with Gasteiger partial charge < -0.3 is 10.1 Å². The van der Waals surface area contributed by atoms with Crippen molar-refractivity contribution in [1.29, 1.82) is 0 Å². The van der Waals surface area contributed by atoms with Crippen LogP contribution in [0.5, 0.6) is 0 Å². The van der Waals surface area contributed by atoms with Crippen LogP contribution in [0.4, 0.5) is 0 Å². The summed E-state index contributed by atoms with van der Waals surface area (Å²) in [4.78, 5) is 13.3. The molecule has 1 amide bonds. The van der Waals surface area contributed by atoms with E-state index in [1.54, 1.807) is 7.11 Å². The van der Waals surface area contributed by atoms with Crippen LogP contribution >= 0.6 is 22.9 Å². The fraction of sp³-hybridized carbons (Fsp3) is 0.312. The largest absolute Gasteiger partial charge is 0.374 e. The second-order valence-corrected chi connectivity index (χ2v) is 6.64. The highest BCUT2D eigenvalue weighted by Gasteiger charge is 2.16. The third-order valence-corrected chi connectivity index (χ3v) is 4.60. The number of hydrogen-bond donors (Lipinski definition) is 1. The first-order chi connectivity index (χ1) is 10.0. The van der Waals surface area contributed by atoms with Gasteiger partial charge in [-0.25, -0.2) is 0 Å². The monoisotopic (exact) mass is 323 g/mol. The first-order valence-corrected chi connectivity index (χ1v) is 7.84. The van der Waals surface area contributed by atoms with E-state index in [2.05, 4.69) is 5.32 Å². The maximum absolute atomic E-state index is 12.3. The molecule has 2 rings (SSSR count). The first-order valence-electron chi connectivity index (χ1n) is 6.64. The van der Waals surface area contributed by atoms with Gasteiger partial charge in [0.1, 0.15) is 6.10 Å². The van der Waals surface area contributed by atoms with Crippen molar-refractivity contribution in [3.63, 3.8) is 0 Å². The molecule has 112 valence electrons. The summed E-state index contributed by atoms with van der Waals surface area (Å²) in [5, 5.41) is 2.93. The van der Waals surface area contributed by atoms with E-state index in [9.17, 15) is 4.79 Å². The summed E-state index contributed by atoms with van der Waals surface area (Å²) in [7, 11) is 1.63. The third-order valence-electron chi connectivity index (χ3n) is 3.28. The van der Waals surface area contributed by atoms with Crippen LogP contribution in [0.3, 0.4) is 0 Å². The molecule has 1 unspecified atom stereocenters. The highest BCUT2D eigenvalue weighted by molar-refractivity contribution is 7.16. The lowest BCUT2D eigenvalue weighted by Crippen LogP contribution is -2.29. The van der Waals surface area contributed by atoms with Gasteiger partial charge in [-0.05, 0) is 37.6 Å². The lowest BCUT2D eigenvalue weighted by atomic mass is 10.1. The van der Waals surface area contributed by atoms with Crippen LogP contribution in [0.15, 0.2) is 30.3 Å². The zero-order valence-electron chi connectivity index (χ0n) is 12.3. The molecule has 1 aromatic carbocycles. The molecule has 0 saturated carbocycles. The second-order valence-electron chi connectivity index (χ2n) is 4.89. The molecule has 0 aliphatic rings. The first kappa shape index (κ1) is 16.0. The number of nitrogens with one attached hydrogen (secondary N) is 1. The number of aryl methyl sites for hydroxylation is 2. The van der Waals surface area contributed by atoms with Gasteiger partial charge in [0.2, 0.25) is 0 Å². The van der Waals surface area contributed by atoms with Crippen molar-refractivity contribution in [2.75, 3.05) is 13.7 Å². The molecule has 0 radical (unpaired) electrons. The third kappa shape index (κ3) is 4.06. The summed E-state index contributed by atoms with van der Waals surface area (Å²) in [6.07, 6.45) is -0.184. The Morgan fingerprint density at radius 3 is 2.71 bits per heavy atom. The molecule has 21 heavy (non-hydrogen) atoms. The second kappa shape index (κ2) is 7.07. The number of benzene rings is 1. The van der Waals surface area contributed by atoms with Crippen molar-refractivity contribution in [2.24, 2.45) is 0 Å². The molecule has 2 aromatic rings. The smallest absolute Gasteiger partial charge is 0.251 e.